The number of ether oxygens (including phenoxy) is 2. The second-order valence-electron chi connectivity index (χ2n) is 24.7. The summed E-state index contributed by atoms with van der Waals surface area (Å²) in [5.74, 6) is 0.537. The number of benzene rings is 5. The van der Waals surface area contributed by atoms with Gasteiger partial charge >= 0.3 is 5.97 Å². The van der Waals surface area contributed by atoms with Gasteiger partial charge in [-0.15, -0.1) is 45.3 Å². The van der Waals surface area contributed by atoms with Crippen LogP contribution in [-0.2, 0) is 17.6 Å². The lowest BCUT2D eigenvalue weighted by molar-refractivity contribution is -0.132. The molecule has 7 nitrogen and oxygen atoms in total. The van der Waals surface area contributed by atoms with Crippen LogP contribution in [0.1, 0.15) is 180 Å². The third-order valence-corrected chi connectivity index (χ3v) is 22.3. The molecule has 0 fully saturated rings. The first kappa shape index (κ1) is 68.4. The summed E-state index contributed by atoms with van der Waals surface area (Å²) >= 11 is 7.09. The van der Waals surface area contributed by atoms with Crippen molar-refractivity contribution >= 4 is 97.6 Å². The van der Waals surface area contributed by atoms with Crippen LogP contribution in [0.2, 0.25) is 0 Å². The van der Waals surface area contributed by atoms with Crippen molar-refractivity contribution in [2.45, 2.75) is 185 Å². The summed E-state index contributed by atoms with van der Waals surface area (Å²) in [7, 11) is 0. The molecule has 0 aliphatic carbocycles. The highest BCUT2D eigenvalue weighted by Crippen LogP contribution is 2.48. The smallest absolute Gasteiger partial charge is 0.346 e. The lowest BCUT2D eigenvalue weighted by Crippen LogP contribution is -2.56. The van der Waals surface area contributed by atoms with E-state index in [1.165, 1.54) is 185 Å². The topological polar surface area (TPSA) is 95.7 Å². The van der Waals surface area contributed by atoms with Gasteiger partial charge in [0.25, 0.3) is 0 Å². The number of aryl methyl sites for hydroxylation is 8. The van der Waals surface area contributed by atoms with Crippen molar-refractivity contribution in [1.29, 1.82) is 5.26 Å². The zero-order valence-electron chi connectivity index (χ0n) is 55.5. The maximum absolute atomic E-state index is 12.1. The third kappa shape index (κ3) is 17.6. The number of nitriles is 1. The molecule has 9 aromatic rings. The normalized spacial score (nSPS) is 11.5. The van der Waals surface area contributed by atoms with Crippen molar-refractivity contribution in [2.75, 3.05) is 18.1 Å². The van der Waals surface area contributed by atoms with Crippen molar-refractivity contribution < 1.29 is 19.4 Å². The molecular formula is C79H92BN3O4S4. The molecule has 0 spiro atoms. The van der Waals surface area contributed by atoms with E-state index in [9.17, 15) is 15.2 Å². The predicted octanol–water partition coefficient (Wildman–Crippen LogP) is 22.0. The lowest BCUT2D eigenvalue weighted by Gasteiger charge is -2.26. The zero-order valence-corrected chi connectivity index (χ0v) is 58.8. The molecule has 5 aromatic carbocycles. The van der Waals surface area contributed by atoms with Gasteiger partial charge in [0.05, 0.1) is 18.1 Å². The second kappa shape index (κ2) is 33.5. The molecule has 0 atom stereocenters. The summed E-state index contributed by atoms with van der Waals surface area (Å²) in [6.07, 6.45) is 24.0. The van der Waals surface area contributed by atoms with Crippen LogP contribution in [0.15, 0.2) is 127 Å². The van der Waals surface area contributed by atoms with E-state index in [1.54, 1.807) is 17.5 Å². The van der Waals surface area contributed by atoms with Gasteiger partial charge in [0.2, 0.25) is 6.71 Å². The van der Waals surface area contributed by atoms with E-state index in [0.29, 0.717) is 4.88 Å². The van der Waals surface area contributed by atoms with Gasteiger partial charge in [0, 0.05) is 52.5 Å². The van der Waals surface area contributed by atoms with Crippen LogP contribution >= 0.6 is 45.3 Å². The number of nitrogens with zero attached hydrogens (tertiary/aromatic N) is 3. The number of unbranched alkanes of at least 4 members (excludes halogenated alkanes) is 12. The molecule has 12 heteroatoms. The van der Waals surface area contributed by atoms with Crippen LogP contribution < -0.4 is 30.8 Å². The lowest BCUT2D eigenvalue weighted by atomic mass is 9.34. The van der Waals surface area contributed by atoms with E-state index in [2.05, 4.69) is 189 Å². The van der Waals surface area contributed by atoms with Gasteiger partial charge in [-0.3, -0.25) is 0 Å². The highest BCUT2D eigenvalue weighted by Gasteiger charge is 2.34. The largest absolute Gasteiger partial charge is 0.494 e. The molecule has 0 bridgehead atoms. The molecule has 0 radical (unpaired) electrons. The Morgan fingerprint density at radius 3 is 1.43 bits per heavy atom. The van der Waals surface area contributed by atoms with Crippen LogP contribution in [0.4, 0.5) is 17.1 Å². The van der Waals surface area contributed by atoms with E-state index < -0.39 is 5.97 Å². The van der Waals surface area contributed by atoms with Gasteiger partial charge in [0.1, 0.15) is 28.1 Å². The Morgan fingerprint density at radius 1 is 0.527 bits per heavy atom. The molecule has 1 N–H and O–H groups in total. The number of thiazole rings is 1. The first-order valence-electron chi connectivity index (χ1n) is 33.4. The minimum Gasteiger partial charge on any atom is -0.494 e. The molecule has 0 saturated carbocycles. The van der Waals surface area contributed by atoms with Crippen LogP contribution in [0, 0.1) is 52.9 Å². The maximum Gasteiger partial charge on any atom is 0.346 e. The molecule has 4 heterocycles. The van der Waals surface area contributed by atoms with E-state index in [0.717, 1.165) is 90.2 Å². The molecule has 91 heavy (non-hydrogen) atoms. The number of carboxylic acid groups (broad SMARTS) is 1. The van der Waals surface area contributed by atoms with Crippen molar-refractivity contribution in [1.82, 2.24) is 4.98 Å². The summed E-state index contributed by atoms with van der Waals surface area (Å²) in [6.45, 7) is 23.8. The van der Waals surface area contributed by atoms with Crippen LogP contribution in [0.3, 0.4) is 0 Å². The molecule has 9 rings (SSSR count). The summed E-state index contributed by atoms with van der Waals surface area (Å²) in [5.41, 5.74) is 18.2. The van der Waals surface area contributed by atoms with E-state index in [4.69, 9.17) is 14.5 Å². The van der Waals surface area contributed by atoms with Gasteiger partial charge in [-0.2, -0.15) is 5.26 Å². The molecular weight excluding hydrogens is 1190 g/mol. The number of thiophene rings is 3. The SMILES string of the molecule is CCCCCCOc1ccc(N(c2ccc(OCCCCCC)cc2)c2ccc(-c3sc(-c4sc(-c5cc(B(c6c(C)cc(C)cc6C)c6c(C)cc(C)cc6C)c(-c6ncc(/C=C(/C#N)C(=O)O)s6)s5)cc4CCCCCC)cc3CCCCCC)cc2)cc1. The van der Waals surface area contributed by atoms with Crippen LogP contribution in [-0.4, -0.2) is 36.0 Å². The number of aromatic nitrogens is 1. The van der Waals surface area contributed by atoms with Gasteiger partial charge < -0.3 is 19.5 Å². The monoisotopic (exact) mass is 1290 g/mol. The van der Waals surface area contributed by atoms with Gasteiger partial charge in [-0.1, -0.05) is 185 Å². The Kier molecular flexibility index (Phi) is 25.2. The van der Waals surface area contributed by atoms with Crippen LogP contribution in [0.25, 0.3) is 45.9 Å². The molecule has 4 aromatic heterocycles. The number of carbonyl (C=O) groups is 1. The quantitative estimate of drug-likeness (QED) is 0.0186. The van der Waals surface area contributed by atoms with Crippen LogP contribution in [0.5, 0.6) is 11.5 Å². The Morgan fingerprint density at radius 2 is 0.956 bits per heavy atom. The fraction of sp³-hybridized carbons (Fsp3) is 0.380. The minimum absolute atomic E-state index is 0.116. The zero-order chi connectivity index (χ0) is 64.4. The predicted molar refractivity (Wildman–Crippen MR) is 394 cm³/mol. The molecule has 0 unspecified atom stereocenters. The first-order chi connectivity index (χ1) is 44.2. The maximum atomic E-state index is 12.1. The number of hydrogen-bond acceptors (Lipinski definition) is 10. The molecule has 474 valence electrons. The fourth-order valence-electron chi connectivity index (χ4n) is 12.8. The summed E-state index contributed by atoms with van der Waals surface area (Å²) in [6, 6.07) is 45.0. The Hall–Kier alpha value is -7.01. The van der Waals surface area contributed by atoms with E-state index in [-0.39, 0.29) is 12.3 Å². The molecule has 0 aliphatic heterocycles. The van der Waals surface area contributed by atoms with Crippen molar-refractivity contribution in [3.8, 4) is 57.4 Å². The number of rotatable bonds is 34. The molecule has 0 saturated heterocycles. The van der Waals surface area contributed by atoms with E-state index in [1.807, 2.05) is 28.7 Å². The second-order valence-corrected chi connectivity index (χ2v) is 29.0. The Balaban J connectivity index is 1.15. The number of carboxylic acids is 1. The summed E-state index contributed by atoms with van der Waals surface area (Å²) in [5, 5.41) is 20.5. The Labute approximate surface area is 560 Å². The van der Waals surface area contributed by atoms with Gasteiger partial charge in [0.15, 0.2) is 0 Å². The minimum atomic E-state index is -1.25. The molecule has 0 amide bonds. The summed E-state index contributed by atoms with van der Waals surface area (Å²) in [4.78, 5) is 27.6. The Bertz CT molecular complexity index is 3750. The average Bonchev–Trinajstić information content (AvgIpc) is 1.73. The van der Waals surface area contributed by atoms with Gasteiger partial charge in [-0.25, -0.2) is 9.78 Å². The average molecular weight is 1290 g/mol. The number of aliphatic carboxylic acids is 1. The number of hydrogen-bond donors (Lipinski definition) is 1. The molecule has 0 aliphatic rings. The highest BCUT2D eigenvalue weighted by molar-refractivity contribution is 7.30. The first-order valence-corrected chi connectivity index (χ1v) is 36.7. The van der Waals surface area contributed by atoms with Gasteiger partial charge in [-0.05, 0) is 187 Å². The highest BCUT2D eigenvalue weighted by atomic mass is 32.1. The third-order valence-electron chi connectivity index (χ3n) is 17.3. The number of anilines is 3. The van der Waals surface area contributed by atoms with Crippen molar-refractivity contribution in [3.05, 3.63) is 176 Å². The summed E-state index contributed by atoms with van der Waals surface area (Å²) < 4.78 is 12.5. The van der Waals surface area contributed by atoms with Crippen molar-refractivity contribution in [3.63, 3.8) is 0 Å². The standard InChI is InChI=1S/C79H92BN3O4S4/c1-11-15-19-23-27-60-49-72(91-75(60)59-29-31-63(32-30-59)83(64-33-37-66(38-34-64)86-41-25-21-17-13-3)65-35-39-67(40-36-65)87-42-26-22-18-14-4)76-61(28-24-20-16-12-2)48-70(89-76)71-50-69(77(90-71)78-82-52-68(88-78)47-62(51-81)79(84)85)80(73-55(7)43-53(5)44-56(73)8)74-57(9)45-54(6)46-58(74)10/h29-40,43-50,52H,11-28,41-42H2,1-10H3,(H,84,85)/b62-47-. The fourth-order valence-corrected chi connectivity index (χ4v) is 17.6. The van der Waals surface area contributed by atoms with E-state index >= 15 is 0 Å². The van der Waals surface area contributed by atoms with Crippen molar-refractivity contribution in [2.24, 2.45) is 0 Å².